The lowest BCUT2D eigenvalue weighted by Crippen LogP contribution is -2.36. The first kappa shape index (κ1) is 13.4. The SMILES string of the molecule is CCC(=O)N[C@@H](C)COc1ccccc1OC. The zero-order chi connectivity index (χ0) is 12.7. The second-order valence-corrected chi connectivity index (χ2v) is 3.78. The molecule has 0 radical (unpaired) electrons. The Morgan fingerprint density at radius 2 is 2.00 bits per heavy atom. The van der Waals surface area contributed by atoms with E-state index < -0.39 is 0 Å². The molecule has 0 aromatic heterocycles. The van der Waals surface area contributed by atoms with Gasteiger partial charge in [-0.1, -0.05) is 19.1 Å². The van der Waals surface area contributed by atoms with Gasteiger partial charge in [0.15, 0.2) is 11.5 Å². The van der Waals surface area contributed by atoms with Crippen molar-refractivity contribution in [3.63, 3.8) is 0 Å². The molecule has 4 heteroatoms. The summed E-state index contributed by atoms with van der Waals surface area (Å²) in [7, 11) is 1.60. The molecular weight excluding hydrogens is 218 g/mol. The first-order chi connectivity index (χ1) is 8.17. The highest BCUT2D eigenvalue weighted by molar-refractivity contribution is 5.75. The van der Waals surface area contributed by atoms with Gasteiger partial charge in [0, 0.05) is 6.42 Å². The van der Waals surface area contributed by atoms with Crippen molar-refractivity contribution in [1.29, 1.82) is 0 Å². The van der Waals surface area contributed by atoms with Crippen LogP contribution in [0.4, 0.5) is 0 Å². The standard InChI is InChI=1S/C13H19NO3/c1-4-13(15)14-10(2)9-17-12-8-6-5-7-11(12)16-3/h5-8,10H,4,9H2,1-3H3,(H,14,15)/t10-/m0/s1. The highest BCUT2D eigenvalue weighted by Gasteiger charge is 2.08. The minimum Gasteiger partial charge on any atom is -0.493 e. The highest BCUT2D eigenvalue weighted by atomic mass is 16.5. The topological polar surface area (TPSA) is 47.6 Å². The fraction of sp³-hybridized carbons (Fsp3) is 0.462. The maximum absolute atomic E-state index is 11.2. The van der Waals surface area contributed by atoms with Crippen LogP contribution in [0, 0.1) is 0 Å². The van der Waals surface area contributed by atoms with Gasteiger partial charge in [-0.2, -0.15) is 0 Å². The molecule has 4 nitrogen and oxygen atoms in total. The minimum absolute atomic E-state index is 0.0210. The first-order valence-corrected chi connectivity index (χ1v) is 5.72. The van der Waals surface area contributed by atoms with Crippen LogP contribution in [0.25, 0.3) is 0 Å². The van der Waals surface area contributed by atoms with Crippen molar-refractivity contribution in [2.75, 3.05) is 13.7 Å². The van der Waals surface area contributed by atoms with Gasteiger partial charge < -0.3 is 14.8 Å². The third-order valence-corrected chi connectivity index (χ3v) is 2.29. The maximum atomic E-state index is 11.2. The molecule has 1 aromatic carbocycles. The first-order valence-electron chi connectivity index (χ1n) is 5.72. The molecule has 1 N–H and O–H groups in total. The summed E-state index contributed by atoms with van der Waals surface area (Å²) in [6.07, 6.45) is 0.485. The second-order valence-electron chi connectivity index (χ2n) is 3.78. The number of benzene rings is 1. The Morgan fingerprint density at radius 1 is 1.35 bits per heavy atom. The van der Waals surface area contributed by atoms with Crippen molar-refractivity contribution < 1.29 is 14.3 Å². The van der Waals surface area contributed by atoms with Crippen LogP contribution in [0.3, 0.4) is 0 Å². The average molecular weight is 237 g/mol. The van der Waals surface area contributed by atoms with Crippen LogP contribution < -0.4 is 14.8 Å². The number of carbonyl (C=O) groups is 1. The van der Waals surface area contributed by atoms with E-state index in [2.05, 4.69) is 5.32 Å². The van der Waals surface area contributed by atoms with Crippen LogP contribution in [0.5, 0.6) is 11.5 Å². The van der Waals surface area contributed by atoms with Crippen molar-refractivity contribution >= 4 is 5.91 Å². The van der Waals surface area contributed by atoms with Crippen LogP contribution in [0.1, 0.15) is 20.3 Å². The summed E-state index contributed by atoms with van der Waals surface area (Å²) in [5.74, 6) is 1.41. The van der Waals surface area contributed by atoms with E-state index in [9.17, 15) is 4.79 Å². The third-order valence-electron chi connectivity index (χ3n) is 2.29. The van der Waals surface area contributed by atoms with E-state index in [0.717, 1.165) is 0 Å². The van der Waals surface area contributed by atoms with Crippen LogP contribution in [0.2, 0.25) is 0 Å². The molecule has 0 spiro atoms. The van der Waals surface area contributed by atoms with Crippen LogP contribution >= 0.6 is 0 Å². The molecule has 0 aliphatic heterocycles. The molecule has 0 aliphatic carbocycles. The fourth-order valence-corrected chi connectivity index (χ4v) is 1.37. The summed E-state index contributed by atoms with van der Waals surface area (Å²) >= 11 is 0. The normalized spacial score (nSPS) is 11.7. The van der Waals surface area contributed by atoms with Crippen molar-refractivity contribution in [3.05, 3.63) is 24.3 Å². The third kappa shape index (κ3) is 4.34. The molecule has 1 rings (SSSR count). The number of ether oxygens (including phenoxy) is 2. The molecule has 0 saturated heterocycles. The number of nitrogens with one attached hydrogen (secondary N) is 1. The molecule has 0 fully saturated rings. The minimum atomic E-state index is -0.0210. The van der Waals surface area contributed by atoms with Gasteiger partial charge in [-0.3, -0.25) is 4.79 Å². The number of hydrogen-bond acceptors (Lipinski definition) is 3. The zero-order valence-electron chi connectivity index (χ0n) is 10.5. The maximum Gasteiger partial charge on any atom is 0.220 e. The van der Waals surface area contributed by atoms with Crippen molar-refractivity contribution in [2.24, 2.45) is 0 Å². The summed E-state index contributed by atoms with van der Waals surface area (Å²) in [5, 5.41) is 2.83. The van der Waals surface area contributed by atoms with Gasteiger partial charge in [-0.05, 0) is 19.1 Å². The van der Waals surface area contributed by atoms with E-state index in [1.54, 1.807) is 7.11 Å². The largest absolute Gasteiger partial charge is 0.493 e. The van der Waals surface area contributed by atoms with Crippen molar-refractivity contribution in [1.82, 2.24) is 5.32 Å². The summed E-state index contributed by atoms with van der Waals surface area (Å²) in [6, 6.07) is 7.42. The number of hydrogen-bond donors (Lipinski definition) is 1. The summed E-state index contributed by atoms with van der Waals surface area (Å²) in [6.45, 7) is 4.15. The molecule has 0 unspecified atom stereocenters. The molecule has 1 atom stereocenters. The Labute approximate surface area is 102 Å². The summed E-state index contributed by atoms with van der Waals surface area (Å²) in [4.78, 5) is 11.2. The molecule has 94 valence electrons. The highest BCUT2D eigenvalue weighted by Crippen LogP contribution is 2.25. The molecule has 0 bridgehead atoms. The van der Waals surface area contributed by atoms with Gasteiger partial charge >= 0.3 is 0 Å². The lowest BCUT2D eigenvalue weighted by Gasteiger charge is -2.15. The second kappa shape index (κ2) is 6.78. The van der Waals surface area contributed by atoms with E-state index in [0.29, 0.717) is 24.5 Å². The van der Waals surface area contributed by atoms with E-state index >= 15 is 0 Å². The Hall–Kier alpha value is -1.71. The van der Waals surface area contributed by atoms with Crippen molar-refractivity contribution in [2.45, 2.75) is 26.3 Å². The molecule has 1 amide bonds. The Bertz CT molecular complexity index is 365. The van der Waals surface area contributed by atoms with Gasteiger partial charge in [0.2, 0.25) is 5.91 Å². The predicted octanol–water partition coefficient (Wildman–Crippen LogP) is 1.99. The Balaban J connectivity index is 2.47. The van der Waals surface area contributed by atoms with E-state index in [1.165, 1.54) is 0 Å². The molecule has 0 heterocycles. The number of para-hydroxylation sites is 2. The number of methoxy groups -OCH3 is 1. The summed E-state index contributed by atoms with van der Waals surface area (Å²) < 4.78 is 10.8. The predicted molar refractivity (Wildman–Crippen MR) is 66.4 cm³/mol. The van der Waals surface area contributed by atoms with E-state index in [1.807, 2.05) is 38.1 Å². The lowest BCUT2D eigenvalue weighted by molar-refractivity contribution is -0.121. The lowest BCUT2D eigenvalue weighted by atomic mass is 10.3. The van der Waals surface area contributed by atoms with Crippen LogP contribution in [-0.4, -0.2) is 25.7 Å². The molecule has 0 aliphatic rings. The fourth-order valence-electron chi connectivity index (χ4n) is 1.37. The average Bonchev–Trinajstić information content (AvgIpc) is 2.36. The van der Waals surface area contributed by atoms with Crippen LogP contribution in [0.15, 0.2) is 24.3 Å². The zero-order valence-corrected chi connectivity index (χ0v) is 10.5. The molecule has 0 saturated carbocycles. The van der Waals surface area contributed by atoms with E-state index in [4.69, 9.17) is 9.47 Å². The number of amides is 1. The van der Waals surface area contributed by atoms with Gasteiger partial charge in [-0.15, -0.1) is 0 Å². The number of rotatable bonds is 6. The van der Waals surface area contributed by atoms with Gasteiger partial charge in [-0.25, -0.2) is 0 Å². The monoisotopic (exact) mass is 237 g/mol. The van der Waals surface area contributed by atoms with Gasteiger partial charge in [0.25, 0.3) is 0 Å². The molecule has 1 aromatic rings. The quantitative estimate of drug-likeness (QED) is 0.823. The molecule has 17 heavy (non-hydrogen) atoms. The van der Waals surface area contributed by atoms with Crippen molar-refractivity contribution in [3.8, 4) is 11.5 Å². The number of carbonyl (C=O) groups excluding carboxylic acids is 1. The smallest absolute Gasteiger partial charge is 0.220 e. The Morgan fingerprint density at radius 3 is 2.59 bits per heavy atom. The molecular formula is C13H19NO3. The Kier molecular flexibility index (Phi) is 5.33. The van der Waals surface area contributed by atoms with E-state index in [-0.39, 0.29) is 11.9 Å². The van der Waals surface area contributed by atoms with Gasteiger partial charge in [0.05, 0.1) is 13.2 Å². The van der Waals surface area contributed by atoms with Gasteiger partial charge in [0.1, 0.15) is 6.61 Å². The summed E-state index contributed by atoms with van der Waals surface area (Å²) in [5.41, 5.74) is 0. The van der Waals surface area contributed by atoms with Crippen LogP contribution in [-0.2, 0) is 4.79 Å².